The Bertz CT molecular complexity index is 932. The normalized spacial score (nSPS) is 17.4. The number of aromatic nitrogens is 1. The molecule has 1 atom stereocenters. The van der Waals surface area contributed by atoms with Crippen molar-refractivity contribution in [2.45, 2.75) is 32.7 Å². The second kappa shape index (κ2) is 7.47. The van der Waals surface area contributed by atoms with E-state index in [0.29, 0.717) is 25.4 Å². The molecule has 0 bridgehead atoms. The second-order valence-corrected chi connectivity index (χ2v) is 7.35. The summed E-state index contributed by atoms with van der Waals surface area (Å²) in [7, 11) is 1.63. The average molecular weight is 369 g/mol. The Balaban J connectivity index is 2.01. The number of methoxy groups -OCH3 is 1. The maximum Gasteiger partial charge on any atom is 0.251 e. The number of hydrogen-bond donors (Lipinski definition) is 1. The SMILES string of the molecule is C=CC(=O)N1CCN(c2cc3cc(C(C)C)c(=O)[nH]c3cc2OC)CC1C. The average Bonchev–Trinajstić information content (AvgIpc) is 2.65. The Morgan fingerprint density at radius 2 is 2.07 bits per heavy atom. The summed E-state index contributed by atoms with van der Waals surface area (Å²) in [6, 6.07) is 5.98. The quantitative estimate of drug-likeness (QED) is 0.842. The lowest BCUT2D eigenvalue weighted by molar-refractivity contribution is -0.128. The third kappa shape index (κ3) is 3.56. The Hall–Kier alpha value is -2.76. The van der Waals surface area contributed by atoms with Crippen molar-refractivity contribution >= 4 is 22.5 Å². The molecule has 144 valence electrons. The van der Waals surface area contributed by atoms with E-state index in [-0.39, 0.29) is 23.4 Å². The van der Waals surface area contributed by atoms with Crippen LogP contribution in [0.3, 0.4) is 0 Å². The number of amides is 1. The number of piperazine rings is 1. The number of rotatable bonds is 4. The van der Waals surface area contributed by atoms with Gasteiger partial charge in [0.25, 0.3) is 5.56 Å². The molecule has 1 aromatic heterocycles. The zero-order valence-electron chi connectivity index (χ0n) is 16.4. The van der Waals surface area contributed by atoms with Crippen LogP contribution in [0.5, 0.6) is 5.75 Å². The molecule has 1 amide bonds. The fourth-order valence-electron chi connectivity index (χ4n) is 3.70. The first-order valence-electron chi connectivity index (χ1n) is 9.28. The smallest absolute Gasteiger partial charge is 0.251 e. The molecule has 2 aromatic rings. The van der Waals surface area contributed by atoms with Gasteiger partial charge >= 0.3 is 0 Å². The van der Waals surface area contributed by atoms with E-state index in [1.165, 1.54) is 6.08 Å². The zero-order valence-corrected chi connectivity index (χ0v) is 16.4. The minimum absolute atomic E-state index is 0.0354. The Morgan fingerprint density at radius 1 is 1.33 bits per heavy atom. The number of fused-ring (bicyclic) bond motifs is 1. The van der Waals surface area contributed by atoms with Gasteiger partial charge in [0.1, 0.15) is 5.75 Å². The molecule has 0 radical (unpaired) electrons. The number of H-pyrrole nitrogens is 1. The molecule has 1 N–H and O–H groups in total. The summed E-state index contributed by atoms with van der Waals surface area (Å²) in [6.45, 7) is 11.7. The molecule has 2 heterocycles. The fourth-order valence-corrected chi connectivity index (χ4v) is 3.70. The van der Waals surface area contributed by atoms with Gasteiger partial charge in [-0.05, 0) is 31.1 Å². The number of aromatic amines is 1. The van der Waals surface area contributed by atoms with Crippen LogP contribution in [-0.4, -0.2) is 48.6 Å². The number of ether oxygens (including phenoxy) is 1. The molecule has 1 aliphatic rings. The number of hydrogen-bond acceptors (Lipinski definition) is 4. The first-order valence-corrected chi connectivity index (χ1v) is 9.28. The van der Waals surface area contributed by atoms with Gasteiger partial charge in [-0.25, -0.2) is 0 Å². The summed E-state index contributed by atoms with van der Waals surface area (Å²) in [5.74, 6) is 0.829. The molecule has 3 rings (SSSR count). The number of nitrogens with zero attached hydrogens (tertiary/aromatic N) is 2. The minimum atomic E-state index is -0.0579. The van der Waals surface area contributed by atoms with Crippen molar-refractivity contribution in [2.75, 3.05) is 31.6 Å². The maximum atomic E-state index is 12.3. The molecule has 6 nitrogen and oxygen atoms in total. The van der Waals surface area contributed by atoms with Gasteiger partial charge in [0.2, 0.25) is 5.91 Å². The van der Waals surface area contributed by atoms with Crippen molar-refractivity contribution in [3.63, 3.8) is 0 Å². The van der Waals surface area contributed by atoms with Crippen LogP contribution >= 0.6 is 0 Å². The first-order chi connectivity index (χ1) is 12.8. The molecule has 0 aliphatic carbocycles. The van der Waals surface area contributed by atoms with Gasteiger partial charge in [0.05, 0.1) is 18.3 Å². The third-order valence-electron chi connectivity index (χ3n) is 5.22. The highest BCUT2D eigenvalue weighted by molar-refractivity contribution is 5.88. The number of anilines is 1. The Morgan fingerprint density at radius 3 is 2.67 bits per heavy atom. The van der Waals surface area contributed by atoms with Crippen molar-refractivity contribution in [1.82, 2.24) is 9.88 Å². The van der Waals surface area contributed by atoms with Crippen molar-refractivity contribution in [3.8, 4) is 5.75 Å². The number of carbonyl (C=O) groups is 1. The van der Waals surface area contributed by atoms with Gasteiger partial charge < -0.3 is 19.5 Å². The highest BCUT2D eigenvalue weighted by Gasteiger charge is 2.27. The van der Waals surface area contributed by atoms with E-state index in [2.05, 4.69) is 22.5 Å². The van der Waals surface area contributed by atoms with Crippen molar-refractivity contribution < 1.29 is 9.53 Å². The molecule has 27 heavy (non-hydrogen) atoms. The molecule has 1 fully saturated rings. The van der Waals surface area contributed by atoms with E-state index in [4.69, 9.17) is 4.74 Å². The van der Waals surface area contributed by atoms with Crippen molar-refractivity contribution in [2.24, 2.45) is 0 Å². The van der Waals surface area contributed by atoms with Crippen LogP contribution in [0.2, 0.25) is 0 Å². The van der Waals surface area contributed by atoms with Crippen LogP contribution in [0, 0.1) is 0 Å². The second-order valence-electron chi connectivity index (χ2n) is 7.35. The van der Waals surface area contributed by atoms with Gasteiger partial charge in [-0.2, -0.15) is 0 Å². The monoisotopic (exact) mass is 369 g/mol. The van der Waals surface area contributed by atoms with Crippen LogP contribution in [-0.2, 0) is 4.79 Å². The standard InChI is InChI=1S/C21H27N3O3/c1-6-20(25)24-8-7-23(12-14(24)4)18-10-15-9-16(13(2)3)21(26)22-17(15)11-19(18)27-5/h6,9-11,13-14H,1,7-8,12H2,2-5H3,(H,22,26). The minimum Gasteiger partial charge on any atom is -0.495 e. The molecule has 6 heteroatoms. The number of benzene rings is 1. The molecule has 1 aromatic carbocycles. The summed E-state index contributed by atoms with van der Waals surface area (Å²) in [5.41, 5.74) is 2.45. The maximum absolute atomic E-state index is 12.3. The van der Waals surface area contributed by atoms with Crippen LogP contribution in [0.4, 0.5) is 5.69 Å². The van der Waals surface area contributed by atoms with E-state index in [0.717, 1.165) is 22.2 Å². The van der Waals surface area contributed by atoms with Gasteiger partial charge in [-0.15, -0.1) is 0 Å². The lowest BCUT2D eigenvalue weighted by Crippen LogP contribution is -2.53. The van der Waals surface area contributed by atoms with Gasteiger partial charge in [0.15, 0.2) is 0 Å². The molecular formula is C21H27N3O3. The summed E-state index contributed by atoms with van der Waals surface area (Å²) in [5, 5.41) is 0.978. The molecule has 0 saturated carbocycles. The summed E-state index contributed by atoms with van der Waals surface area (Å²) < 4.78 is 5.59. The lowest BCUT2D eigenvalue weighted by atomic mass is 10.0. The topological polar surface area (TPSA) is 65.6 Å². The highest BCUT2D eigenvalue weighted by atomic mass is 16.5. The number of nitrogens with one attached hydrogen (secondary N) is 1. The summed E-state index contributed by atoms with van der Waals surface area (Å²) >= 11 is 0. The molecule has 0 spiro atoms. The molecule has 1 unspecified atom stereocenters. The van der Waals surface area contributed by atoms with Gasteiger partial charge in [-0.1, -0.05) is 20.4 Å². The van der Waals surface area contributed by atoms with Crippen LogP contribution in [0.1, 0.15) is 32.3 Å². The molecule has 1 saturated heterocycles. The predicted molar refractivity (Wildman–Crippen MR) is 109 cm³/mol. The van der Waals surface area contributed by atoms with Gasteiger partial charge in [-0.3, -0.25) is 9.59 Å². The molecular weight excluding hydrogens is 342 g/mol. The van der Waals surface area contributed by atoms with Crippen LogP contribution < -0.4 is 15.2 Å². The van der Waals surface area contributed by atoms with Crippen molar-refractivity contribution in [1.29, 1.82) is 0 Å². The van der Waals surface area contributed by atoms with Gasteiger partial charge in [0, 0.05) is 42.7 Å². The highest BCUT2D eigenvalue weighted by Crippen LogP contribution is 2.34. The first kappa shape index (κ1) is 19.0. The van der Waals surface area contributed by atoms with E-state index in [1.807, 2.05) is 37.8 Å². The van der Waals surface area contributed by atoms with Crippen LogP contribution in [0.15, 0.2) is 35.6 Å². The number of pyridine rings is 1. The molecule has 1 aliphatic heterocycles. The number of carbonyl (C=O) groups excluding carboxylic acids is 1. The van der Waals surface area contributed by atoms with E-state index in [1.54, 1.807) is 7.11 Å². The summed E-state index contributed by atoms with van der Waals surface area (Å²) in [6.07, 6.45) is 1.37. The Kier molecular flexibility index (Phi) is 5.26. The Labute approximate surface area is 159 Å². The zero-order chi connectivity index (χ0) is 19.7. The predicted octanol–water partition coefficient (Wildman–Crippen LogP) is 2.88. The summed E-state index contributed by atoms with van der Waals surface area (Å²) in [4.78, 5) is 31.3. The van der Waals surface area contributed by atoms with Crippen molar-refractivity contribution in [3.05, 3.63) is 46.8 Å². The fraction of sp³-hybridized carbons (Fsp3) is 0.429. The largest absolute Gasteiger partial charge is 0.495 e. The van der Waals surface area contributed by atoms with E-state index in [9.17, 15) is 9.59 Å². The van der Waals surface area contributed by atoms with Crippen LogP contribution in [0.25, 0.3) is 10.9 Å². The third-order valence-corrected chi connectivity index (χ3v) is 5.22. The van der Waals surface area contributed by atoms with E-state index >= 15 is 0 Å². The lowest BCUT2D eigenvalue weighted by Gasteiger charge is -2.41. The van der Waals surface area contributed by atoms with E-state index < -0.39 is 0 Å².